The normalized spacial score (nSPS) is 23.5. The number of likely N-dealkylation sites (N-methyl/N-ethyl adjacent to an activating group) is 1. The van der Waals surface area contributed by atoms with Gasteiger partial charge in [0.05, 0.1) is 17.2 Å². The van der Waals surface area contributed by atoms with Crippen LogP contribution in [-0.4, -0.2) is 61.9 Å². The smallest absolute Gasteiger partial charge is 0.391 e. The third kappa shape index (κ3) is 6.51. The summed E-state index contributed by atoms with van der Waals surface area (Å²) in [5.74, 6) is -1.66. The van der Waals surface area contributed by atoms with E-state index in [9.17, 15) is 18.0 Å². The minimum absolute atomic E-state index is 0.0949. The van der Waals surface area contributed by atoms with E-state index in [-0.39, 0.29) is 18.9 Å². The van der Waals surface area contributed by atoms with Crippen LogP contribution in [0.5, 0.6) is 0 Å². The highest BCUT2D eigenvalue weighted by molar-refractivity contribution is 5.96. The summed E-state index contributed by atoms with van der Waals surface area (Å²) in [5, 5.41) is 3.37. The van der Waals surface area contributed by atoms with Gasteiger partial charge in [0, 0.05) is 37.9 Å². The summed E-state index contributed by atoms with van der Waals surface area (Å²) in [4.78, 5) is 17.3. The van der Waals surface area contributed by atoms with E-state index in [4.69, 9.17) is 4.74 Å². The monoisotopic (exact) mass is 441 g/mol. The summed E-state index contributed by atoms with van der Waals surface area (Å²) >= 11 is 0. The second-order valence-electron chi connectivity index (χ2n) is 9.76. The van der Waals surface area contributed by atoms with Gasteiger partial charge in [-0.3, -0.25) is 0 Å². The lowest BCUT2D eigenvalue weighted by atomic mass is 9.85. The second kappa shape index (κ2) is 9.27. The first-order valence-corrected chi connectivity index (χ1v) is 11.1. The van der Waals surface area contributed by atoms with Crippen LogP contribution in [0.4, 0.5) is 24.5 Å². The maximum absolute atomic E-state index is 13.0. The zero-order valence-electron chi connectivity index (χ0n) is 18.9. The molecule has 0 bridgehead atoms. The molecular weight excluding hydrogens is 407 g/mol. The Balaban J connectivity index is 1.79. The first kappa shape index (κ1) is 23.7. The summed E-state index contributed by atoms with van der Waals surface area (Å²) in [7, 11) is 2.09. The van der Waals surface area contributed by atoms with E-state index in [1.165, 1.54) is 0 Å². The minimum Gasteiger partial charge on any atom is -0.456 e. The SMILES string of the molecule is CN1CCN(c2ccc(C(=O)OC(C)(C)C)c(N[C@H]3CC[C@H](C(F)(F)F)CC3)c2)CC1. The van der Waals surface area contributed by atoms with Crippen molar-refractivity contribution >= 4 is 17.3 Å². The molecule has 3 rings (SSSR count). The molecule has 0 unspecified atom stereocenters. The molecule has 0 spiro atoms. The number of halogens is 3. The molecular formula is C23H34F3N3O2. The van der Waals surface area contributed by atoms with Crippen LogP contribution in [0.1, 0.15) is 56.8 Å². The van der Waals surface area contributed by atoms with Crippen molar-refractivity contribution in [2.45, 2.75) is 64.3 Å². The fraction of sp³-hybridized carbons (Fsp3) is 0.696. The van der Waals surface area contributed by atoms with Crippen LogP contribution in [0.15, 0.2) is 18.2 Å². The fourth-order valence-electron chi connectivity index (χ4n) is 4.21. The predicted octanol–water partition coefficient (Wildman–Crippen LogP) is 4.93. The van der Waals surface area contributed by atoms with Gasteiger partial charge in [-0.1, -0.05) is 0 Å². The summed E-state index contributed by atoms with van der Waals surface area (Å²) in [5.41, 5.74) is 1.44. The predicted molar refractivity (Wildman–Crippen MR) is 117 cm³/mol. The van der Waals surface area contributed by atoms with Crippen molar-refractivity contribution in [1.82, 2.24) is 4.90 Å². The van der Waals surface area contributed by atoms with Crippen LogP contribution in [0.3, 0.4) is 0 Å². The molecule has 1 N–H and O–H groups in total. The van der Waals surface area contributed by atoms with Gasteiger partial charge in [-0.15, -0.1) is 0 Å². The first-order valence-electron chi connectivity index (χ1n) is 11.1. The third-order valence-electron chi connectivity index (χ3n) is 6.04. The topological polar surface area (TPSA) is 44.8 Å². The highest BCUT2D eigenvalue weighted by Crippen LogP contribution is 2.39. The molecule has 0 atom stereocenters. The number of alkyl halides is 3. The molecule has 1 saturated heterocycles. The van der Waals surface area contributed by atoms with E-state index < -0.39 is 23.7 Å². The average molecular weight is 442 g/mol. The van der Waals surface area contributed by atoms with Gasteiger partial charge in [0.2, 0.25) is 0 Å². The first-order chi connectivity index (χ1) is 14.4. The van der Waals surface area contributed by atoms with Crippen molar-refractivity contribution in [3.8, 4) is 0 Å². The Morgan fingerprint density at radius 3 is 2.19 bits per heavy atom. The molecule has 2 aliphatic rings. The molecule has 174 valence electrons. The van der Waals surface area contributed by atoms with Crippen LogP contribution in [-0.2, 0) is 4.74 Å². The van der Waals surface area contributed by atoms with Crippen molar-refractivity contribution in [3.63, 3.8) is 0 Å². The lowest BCUT2D eigenvalue weighted by Crippen LogP contribution is -2.44. The number of benzene rings is 1. The number of ether oxygens (including phenoxy) is 1. The Kier molecular flexibility index (Phi) is 7.08. The van der Waals surface area contributed by atoms with E-state index in [1.54, 1.807) is 6.07 Å². The van der Waals surface area contributed by atoms with Crippen LogP contribution in [0.25, 0.3) is 0 Å². The Hall–Kier alpha value is -1.96. The molecule has 0 radical (unpaired) electrons. The Morgan fingerprint density at radius 1 is 1.03 bits per heavy atom. The zero-order valence-corrected chi connectivity index (χ0v) is 18.9. The maximum atomic E-state index is 13.0. The third-order valence-corrected chi connectivity index (χ3v) is 6.04. The quantitative estimate of drug-likeness (QED) is 0.672. The van der Waals surface area contributed by atoms with Crippen LogP contribution in [0, 0.1) is 5.92 Å². The van der Waals surface area contributed by atoms with Gasteiger partial charge in [-0.05, 0) is 71.7 Å². The van der Waals surface area contributed by atoms with E-state index in [2.05, 4.69) is 22.2 Å². The summed E-state index contributed by atoms with van der Waals surface area (Å²) in [6.07, 6.45) is -3.05. The summed E-state index contributed by atoms with van der Waals surface area (Å²) < 4.78 is 44.6. The second-order valence-corrected chi connectivity index (χ2v) is 9.76. The highest BCUT2D eigenvalue weighted by Gasteiger charge is 2.41. The van der Waals surface area contributed by atoms with Gasteiger partial charge in [0.15, 0.2) is 0 Å². The molecule has 1 heterocycles. The van der Waals surface area contributed by atoms with Crippen molar-refractivity contribution in [2.75, 3.05) is 43.4 Å². The molecule has 5 nitrogen and oxygen atoms in total. The molecule has 1 saturated carbocycles. The molecule has 0 amide bonds. The van der Waals surface area contributed by atoms with E-state index in [0.717, 1.165) is 31.9 Å². The zero-order chi connectivity index (χ0) is 22.8. The number of hydrogen-bond donors (Lipinski definition) is 1. The summed E-state index contributed by atoms with van der Waals surface area (Å²) in [6.45, 7) is 9.13. The molecule has 0 aromatic heterocycles. The Morgan fingerprint density at radius 2 is 1.65 bits per heavy atom. The van der Waals surface area contributed by atoms with Gasteiger partial charge in [-0.25, -0.2) is 4.79 Å². The van der Waals surface area contributed by atoms with Gasteiger partial charge in [-0.2, -0.15) is 13.2 Å². The van der Waals surface area contributed by atoms with Crippen molar-refractivity contribution in [1.29, 1.82) is 0 Å². The minimum atomic E-state index is -4.13. The van der Waals surface area contributed by atoms with Crippen molar-refractivity contribution in [3.05, 3.63) is 23.8 Å². The molecule has 1 aromatic rings. The van der Waals surface area contributed by atoms with Crippen molar-refractivity contribution in [2.24, 2.45) is 5.92 Å². The number of carbonyl (C=O) groups excluding carboxylic acids is 1. The van der Waals surface area contributed by atoms with Crippen LogP contribution < -0.4 is 10.2 Å². The molecule has 1 aliphatic heterocycles. The number of nitrogens with zero attached hydrogens (tertiary/aromatic N) is 2. The Bertz CT molecular complexity index is 760. The van der Waals surface area contributed by atoms with Gasteiger partial charge < -0.3 is 19.9 Å². The Labute approximate surface area is 182 Å². The van der Waals surface area contributed by atoms with Gasteiger partial charge >= 0.3 is 12.1 Å². The standard InChI is InChI=1S/C23H34F3N3O2/c1-22(2,3)31-21(30)19-10-9-18(29-13-11-28(4)12-14-29)15-20(19)27-17-7-5-16(6-8-17)23(24,25)26/h9-10,15-17,27H,5-8,11-14H2,1-4H3/t16-,17-. The molecule has 2 fully saturated rings. The maximum Gasteiger partial charge on any atom is 0.391 e. The van der Waals surface area contributed by atoms with Gasteiger partial charge in [0.25, 0.3) is 0 Å². The van der Waals surface area contributed by atoms with E-state index in [1.807, 2.05) is 32.9 Å². The fourth-order valence-corrected chi connectivity index (χ4v) is 4.21. The molecule has 1 aliphatic carbocycles. The average Bonchev–Trinajstić information content (AvgIpc) is 2.67. The number of esters is 1. The van der Waals surface area contributed by atoms with Crippen molar-refractivity contribution < 1.29 is 22.7 Å². The number of carbonyl (C=O) groups is 1. The van der Waals surface area contributed by atoms with Crippen LogP contribution >= 0.6 is 0 Å². The van der Waals surface area contributed by atoms with E-state index in [0.29, 0.717) is 24.1 Å². The number of piperazine rings is 1. The lowest BCUT2D eigenvalue weighted by Gasteiger charge is -2.35. The van der Waals surface area contributed by atoms with Gasteiger partial charge in [0.1, 0.15) is 5.60 Å². The number of anilines is 2. The molecule has 8 heteroatoms. The number of hydrogen-bond acceptors (Lipinski definition) is 5. The molecule has 1 aromatic carbocycles. The largest absolute Gasteiger partial charge is 0.456 e. The molecule has 31 heavy (non-hydrogen) atoms. The number of rotatable bonds is 4. The summed E-state index contributed by atoms with van der Waals surface area (Å²) in [6, 6.07) is 5.55. The lowest BCUT2D eigenvalue weighted by molar-refractivity contribution is -0.182. The van der Waals surface area contributed by atoms with E-state index >= 15 is 0 Å². The highest BCUT2D eigenvalue weighted by atomic mass is 19.4. The van der Waals surface area contributed by atoms with Crippen LogP contribution in [0.2, 0.25) is 0 Å². The number of nitrogens with one attached hydrogen (secondary N) is 1.